The van der Waals surface area contributed by atoms with Crippen LogP contribution in [0.4, 0.5) is 0 Å². The van der Waals surface area contributed by atoms with Crippen molar-refractivity contribution in [3.05, 3.63) is 24.3 Å². The van der Waals surface area contributed by atoms with Crippen LogP contribution in [0.2, 0.25) is 0 Å². The topological polar surface area (TPSA) is 43.0 Å². The normalized spacial score (nSPS) is 13.8. The highest BCUT2D eigenvalue weighted by Crippen LogP contribution is 2.12. The molecule has 1 N–H and O–H groups in total. The Balaban J connectivity index is 2.08. The molecule has 1 aliphatic heterocycles. The van der Waals surface area contributed by atoms with Gasteiger partial charge in [0.2, 0.25) is 0 Å². The van der Waals surface area contributed by atoms with Crippen molar-refractivity contribution in [2.75, 3.05) is 52.7 Å². The second-order valence-corrected chi connectivity index (χ2v) is 15.9. The van der Waals surface area contributed by atoms with Crippen molar-refractivity contribution in [2.24, 2.45) is 0 Å². The molecule has 1 aliphatic rings. The van der Waals surface area contributed by atoms with Gasteiger partial charge in [-0.3, -0.25) is 4.90 Å². The molecule has 0 aliphatic carbocycles. The van der Waals surface area contributed by atoms with Crippen LogP contribution in [0.1, 0.15) is 206 Å². The van der Waals surface area contributed by atoms with Crippen LogP contribution in [0.25, 0.3) is 0 Å². The molecular weight excluding hydrogens is 661 g/mol. The van der Waals surface area contributed by atoms with Gasteiger partial charge in [0.05, 0.1) is 19.3 Å². The van der Waals surface area contributed by atoms with Crippen molar-refractivity contribution in [1.29, 1.82) is 0 Å². The maximum absolute atomic E-state index is 6.11. The Morgan fingerprint density at radius 2 is 0.885 bits per heavy atom. The first-order valence-corrected chi connectivity index (χ1v) is 23.3. The third-order valence-electron chi connectivity index (χ3n) is 10.4. The van der Waals surface area contributed by atoms with Gasteiger partial charge in [-0.2, -0.15) is 0 Å². The molecule has 0 aromatic heterocycles. The molecule has 5 nitrogen and oxygen atoms in total. The third kappa shape index (κ3) is 36.0. The molecule has 0 unspecified atom stereocenters. The molecule has 0 amide bonds. The number of thiocarbonyl (C=S) groups is 1. The SMILES string of the molecule is CCCCCCCC/C=C\CCCCCCCCOCC(COCCCCCCCC/C=C\CCCCCCCC)NC(=S)OCCN1CCCC1. The van der Waals surface area contributed by atoms with Gasteiger partial charge in [0, 0.05) is 19.8 Å². The quantitative estimate of drug-likeness (QED) is 0.0382. The third-order valence-corrected chi connectivity index (χ3v) is 10.6. The lowest BCUT2D eigenvalue weighted by atomic mass is 10.1. The van der Waals surface area contributed by atoms with Crippen LogP contribution in [0.3, 0.4) is 0 Å². The average Bonchev–Trinajstić information content (AvgIpc) is 3.67. The number of unbranched alkanes of at least 4 members (excludes halogenated alkanes) is 24. The highest BCUT2D eigenvalue weighted by atomic mass is 32.1. The smallest absolute Gasteiger partial charge is 0.257 e. The van der Waals surface area contributed by atoms with Crippen LogP contribution in [0.15, 0.2) is 24.3 Å². The van der Waals surface area contributed by atoms with Gasteiger partial charge < -0.3 is 19.5 Å². The van der Waals surface area contributed by atoms with E-state index in [1.54, 1.807) is 0 Å². The van der Waals surface area contributed by atoms with E-state index in [2.05, 4.69) is 48.4 Å². The number of likely N-dealkylation sites (tertiary alicyclic amines) is 1. The van der Waals surface area contributed by atoms with E-state index in [0.29, 0.717) is 25.0 Å². The molecule has 0 radical (unpaired) electrons. The zero-order chi connectivity index (χ0) is 37.3. The zero-order valence-electron chi connectivity index (χ0n) is 34.8. The van der Waals surface area contributed by atoms with E-state index in [1.807, 2.05) is 0 Å². The van der Waals surface area contributed by atoms with Gasteiger partial charge in [0.1, 0.15) is 6.61 Å². The van der Waals surface area contributed by atoms with Crippen molar-refractivity contribution in [2.45, 2.75) is 213 Å². The molecule has 0 saturated carbocycles. The Labute approximate surface area is 330 Å². The summed E-state index contributed by atoms with van der Waals surface area (Å²) >= 11 is 5.55. The number of hydrogen-bond acceptors (Lipinski definition) is 5. The number of nitrogens with one attached hydrogen (secondary N) is 1. The summed E-state index contributed by atoms with van der Waals surface area (Å²) in [7, 11) is 0. The van der Waals surface area contributed by atoms with E-state index < -0.39 is 0 Å². The molecule has 1 rings (SSSR count). The standard InChI is InChI=1S/C46H88N2O3S/c1-3-5-7-9-11-13-15-17-19-21-23-25-27-29-31-35-40-49-43-45(47-46(52)51-42-39-48-37-33-34-38-48)44-50-41-36-32-30-28-26-24-22-20-18-16-14-12-10-8-6-4-2/h17-20,45H,3-16,21-44H2,1-2H3,(H,47,52)/b19-17-,20-18-. The molecule has 0 aromatic rings. The maximum atomic E-state index is 6.11. The Morgan fingerprint density at radius 1 is 0.519 bits per heavy atom. The summed E-state index contributed by atoms with van der Waals surface area (Å²) in [5.74, 6) is 0. The van der Waals surface area contributed by atoms with Crippen LogP contribution in [-0.4, -0.2) is 68.8 Å². The Hall–Kier alpha value is -0.950. The fraction of sp³-hybridized carbons (Fsp3) is 0.891. The molecule has 52 heavy (non-hydrogen) atoms. The molecule has 0 bridgehead atoms. The van der Waals surface area contributed by atoms with Crippen LogP contribution in [0, 0.1) is 0 Å². The van der Waals surface area contributed by atoms with E-state index in [9.17, 15) is 0 Å². The lowest BCUT2D eigenvalue weighted by Gasteiger charge is -2.21. The van der Waals surface area contributed by atoms with Crippen LogP contribution >= 0.6 is 12.2 Å². The van der Waals surface area contributed by atoms with Gasteiger partial charge in [-0.15, -0.1) is 0 Å². The monoisotopic (exact) mass is 749 g/mol. The summed E-state index contributed by atoms with van der Waals surface area (Å²) in [5.41, 5.74) is 0. The highest BCUT2D eigenvalue weighted by Gasteiger charge is 2.14. The largest absolute Gasteiger partial charge is 0.470 e. The van der Waals surface area contributed by atoms with Crippen LogP contribution < -0.4 is 5.32 Å². The van der Waals surface area contributed by atoms with Gasteiger partial charge in [-0.05, 0) is 102 Å². The van der Waals surface area contributed by atoms with E-state index in [4.69, 9.17) is 26.4 Å². The summed E-state index contributed by atoms with van der Waals surface area (Å²) in [5, 5.41) is 3.86. The Bertz CT molecular complexity index is 740. The molecule has 1 saturated heterocycles. The number of ether oxygens (including phenoxy) is 3. The molecule has 1 heterocycles. The first kappa shape index (κ1) is 49.1. The maximum Gasteiger partial charge on any atom is 0.257 e. The van der Waals surface area contributed by atoms with Crippen molar-refractivity contribution in [3.63, 3.8) is 0 Å². The average molecular weight is 749 g/mol. The molecule has 0 aromatic carbocycles. The van der Waals surface area contributed by atoms with Gasteiger partial charge in [-0.25, -0.2) is 0 Å². The number of hydrogen-bond donors (Lipinski definition) is 1. The lowest BCUT2D eigenvalue weighted by Crippen LogP contribution is -2.42. The molecular formula is C46H88N2O3S. The molecule has 306 valence electrons. The summed E-state index contributed by atoms with van der Waals surface area (Å²) in [4.78, 5) is 2.45. The number of nitrogens with zero attached hydrogens (tertiary/aromatic N) is 1. The summed E-state index contributed by atoms with van der Waals surface area (Å²) in [6.45, 7) is 11.3. The van der Waals surface area contributed by atoms with Gasteiger partial charge >= 0.3 is 0 Å². The van der Waals surface area contributed by atoms with Gasteiger partial charge in [0.25, 0.3) is 5.17 Å². The van der Waals surface area contributed by atoms with Crippen molar-refractivity contribution in [3.8, 4) is 0 Å². The van der Waals surface area contributed by atoms with E-state index in [-0.39, 0.29) is 6.04 Å². The Kier molecular flexibility index (Phi) is 38.9. The predicted molar refractivity (Wildman–Crippen MR) is 232 cm³/mol. The zero-order valence-corrected chi connectivity index (χ0v) is 35.7. The lowest BCUT2D eigenvalue weighted by molar-refractivity contribution is 0.0564. The fourth-order valence-electron chi connectivity index (χ4n) is 6.97. The minimum Gasteiger partial charge on any atom is -0.470 e. The predicted octanol–water partition coefficient (Wildman–Crippen LogP) is 13.5. The van der Waals surface area contributed by atoms with Crippen molar-refractivity contribution >= 4 is 17.4 Å². The molecule has 6 heteroatoms. The number of rotatable bonds is 40. The summed E-state index contributed by atoms with van der Waals surface area (Å²) in [6.07, 6.45) is 49.3. The summed E-state index contributed by atoms with van der Waals surface area (Å²) in [6, 6.07) is 0.0301. The van der Waals surface area contributed by atoms with Gasteiger partial charge in [0.15, 0.2) is 0 Å². The van der Waals surface area contributed by atoms with Crippen LogP contribution in [-0.2, 0) is 14.2 Å². The van der Waals surface area contributed by atoms with Crippen LogP contribution in [0.5, 0.6) is 0 Å². The van der Waals surface area contributed by atoms with Crippen molar-refractivity contribution in [1.82, 2.24) is 10.2 Å². The summed E-state index contributed by atoms with van der Waals surface area (Å²) < 4.78 is 18.1. The van der Waals surface area contributed by atoms with Crippen molar-refractivity contribution < 1.29 is 14.2 Å². The molecule has 1 fully saturated rings. The van der Waals surface area contributed by atoms with E-state index in [0.717, 1.165) is 32.6 Å². The first-order chi connectivity index (χ1) is 25.8. The second kappa shape index (κ2) is 41.2. The van der Waals surface area contributed by atoms with Gasteiger partial charge in [-0.1, -0.05) is 154 Å². The minimum absolute atomic E-state index is 0.0301. The highest BCUT2D eigenvalue weighted by molar-refractivity contribution is 7.80. The first-order valence-electron chi connectivity index (χ1n) is 22.9. The Morgan fingerprint density at radius 3 is 1.29 bits per heavy atom. The molecule has 0 atom stereocenters. The second-order valence-electron chi connectivity index (χ2n) is 15.6. The number of allylic oxidation sites excluding steroid dienone is 4. The van der Waals surface area contributed by atoms with E-state index in [1.165, 1.54) is 193 Å². The fourth-order valence-corrected chi connectivity index (χ4v) is 7.22. The minimum atomic E-state index is 0.0301. The molecule has 0 spiro atoms. The van der Waals surface area contributed by atoms with E-state index >= 15 is 0 Å².